The number of carboxylic acid groups (broad SMARTS) is 1. The normalized spacial score (nSPS) is 13.7. The van der Waals surface area contributed by atoms with Gasteiger partial charge in [-0.2, -0.15) is 0 Å². The van der Waals surface area contributed by atoms with Crippen LogP contribution in [0.15, 0.2) is 24.4 Å². The molecule has 1 amide bonds. The van der Waals surface area contributed by atoms with Crippen molar-refractivity contribution in [2.45, 2.75) is 6.54 Å². The molecule has 0 fully saturated rings. The van der Waals surface area contributed by atoms with Crippen LogP contribution in [0.5, 0.6) is 0 Å². The van der Waals surface area contributed by atoms with E-state index in [1.807, 2.05) is 0 Å². The van der Waals surface area contributed by atoms with E-state index in [4.69, 9.17) is 28.3 Å². The number of halogens is 2. The third-order valence-corrected chi connectivity index (χ3v) is 3.34. The second kappa shape index (κ2) is 4.50. The van der Waals surface area contributed by atoms with Gasteiger partial charge in [-0.1, -0.05) is 23.2 Å². The van der Waals surface area contributed by atoms with Gasteiger partial charge in [0.05, 0.1) is 11.9 Å². The molecule has 0 spiro atoms. The smallest absolute Gasteiger partial charge is 0.354 e. The minimum absolute atomic E-state index is 0.0380. The van der Waals surface area contributed by atoms with Gasteiger partial charge < -0.3 is 5.11 Å². The average Bonchev–Trinajstić information content (AvgIpc) is 2.84. The van der Waals surface area contributed by atoms with E-state index in [1.165, 1.54) is 15.7 Å². The summed E-state index contributed by atoms with van der Waals surface area (Å²) < 4.78 is 1.33. The first kappa shape index (κ1) is 13.0. The lowest BCUT2D eigenvalue weighted by molar-refractivity contribution is -0.117. The number of carbonyl (C=O) groups is 2. The topological polar surface area (TPSA) is 75.4 Å². The lowest BCUT2D eigenvalue weighted by Gasteiger charge is -2.14. The first-order valence-corrected chi connectivity index (χ1v) is 6.31. The van der Waals surface area contributed by atoms with E-state index < -0.39 is 5.97 Å². The number of amides is 1. The molecule has 0 unspecified atom stereocenters. The van der Waals surface area contributed by atoms with Crippen LogP contribution in [-0.4, -0.2) is 26.5 Å². The quantitative estimate of drug-likeness (QED) is 0.924. The van der Waals surface area contributed by atoms with E-state index in [0.717, 1.165) is 0 Å². The number of aromatic nitrogens is 2. The Hall–Kier alpha value is -2.05. The van der Waals surface area contributed by atoms with Crippen molar-refractivity contribution in [3.63, 3.8) is 0 Å². The number of imidazole rings is 1. The molecule has 2 aromatic rings. The summed E-state index contributed by atoms with van der Waals surface area (Å²) in [5.74, 6) is -1.19. The Balaban J connectivity index is 2.13. The van der Waals surface area contributed by atoms with Crippen molar-refractivity contribution in [1.82, 2.24) is 9.55 Å². The maximum absolute atomic E-state index is 12.1. The van der Waals surface area contributed by atoms with Crippen LogP contribution < -0.4 is 4.90 Å². The molecule has 1 aromatic carbocycles. The van der Waals surface area contributed by atoms with Gasteiger partial charge >= 0.3 is 5.97 Å². The Bertz CT molecular complexity index is 721. The molecule has 3 rings (SSSR count). The number of anilines is 2. The number of fused-ring (bicyclic) bond motifs is 1. The van der Waals surface area contributed by atoms with E-state index >= 15 is 0 Å². The van der Waals surface area contributed by atoms with Gasteiger partial charge in [0.15, 0.2) is 0 Å². The van der Waals surface area contributed by atoms with Crippen molar-refractivity contribution < 1.29 is 14.7 Å². The van der Waals surface area contributed by atoms with Crippen LogP contribution in [0.1, 0.15) is 10.5 Å². The fraction of sp³-hybridized carbons (Fsp3) is 0.0833. The Morgan fingerprint density at radius 2 is 1.90 bits per heavy atom. The highest BCUT2D eigenvalue weighted by Gasteiger charge is 2.33. The first-order valence-electron chi connectivity index (χ1n) is 5.55. The van der Waals surface area contributed by atoms with Crippen LogP contribution in [-0.2, 0) is 11.3 Å². The van der Waals surface area contributed by atoms with Gasteiger partial charge in [0.25, 0.3) is 5.91 Å². The maximum atomic E-state index is 12.1. The highest BCUT2D eigenvalue weighted by molar-refractivity contribution is 6.35. The zero-order valence-electron chi connectivity index (χ0n) is 9.88. The number of benzene rings is 1. The van der Waals surface area contributed by atoms with Gasteiger partial charge in [0.1, 0.15) is 12.2 Å². The SMILES string of the molecule is O=C(O)c1cnc2n1CC(=O)N2c1cc(Cl)cc(Cl)c1. The number of nitrogens with zero attached hydrogens (tertiary/aromatic N) is 3. The number of aromatic carboxylic acids is 1. The molecule has 0 saturated heterocycles. The lowest BCUT2D eigenvalue weighted by Crippen LogP contribution is -2.21. The summed E-state index contributed by atoms with van der Waals surface area (Å²) in [6.07, 6.45) is 1.21. The number of hydrogen-bond donors (Lipinski definition) is 1. The summed E-state index contributed by atoms with van der Waals surface area (Å²) in [7, 11) is 0. The second-order valence-electron chi connectivity index (χ2n) is 4.19. The summed E-state index contributed by atoms with van der Waals surface area (Å²) >= 11 is 11.8. The van der Waals surface area contributed by atoms with Crippen LogP contribution >= 0.6 is 23.2 Å². The van der Waals surface area contributed by atoms with Gasteiger partial charge in [-0.15, -0.1) is 0 Å². The number of rotatable bonds is 2. The molecule has 1 aliphatic heterocycles. The van der Waals surface area contributed by atoms with Crippen LogP contribution in [0.25, 0.3) is 0 Å². The van der Waals surface area contributed by atoms with Crippen LogP contribution in [0.4, 0.5) is 11.6 Å². The van der Waals surface area contributed by atoms with E-state index in [2.05, 4.69) is 4.98 Å². The van der Waals surface area contributed by atoms with Crippen LogP contribution in [0.2, 0.25) is 10.0 Å². The standard InChI is InChI=1S/C12H7Cl2N3O3/c13-6-1-7(14)3-8(2-6)17-10(18)5-16-9(11(19)20)4-15-12(16)17/h1-4H,5H2,(H,19,20). The first-order chi connectivity index (χ1) is 9.47. The Morgan fingerprint density at radius 3 is 2.50 bits per heavy atom. The molecular formula is C12H7Cl2N3O3. The third kappa shape index (κ3) is 1.93. The monoisotopic (exact) mass is 311 g/mol. The Kier molecular flexibility index (Phi) is 2.92. The number of hydrogen-bond acceptors (Lipinski definition) is 3. The zero-order chi connectivity index (χ0) is 14.4. The fourth-order valence-corrected chi connectivity index (χ4v) is 2.63. The average molecular weight is 312 g/mol. The molecule has 0 radical (unpaired) electrons. The Labute approximate surface area is 123 Å². The van der Waals surface area contributed by atoms with E-state index in [-0.39, 0.29) is 24.1 Å². The Morgan fingerprint density at radius 1 is 1.25 bits per heavy atom. The van der Waals surface area contributed by atoms with Crippen molar-refractivity contribution in [3.8, 4) is 0 Å². The molecule has 0 aliphatic carbocycles. The minimum atomic E-state index is -1.14. The van der Waals surface area contributed by atoms with Crippen LogP contribution in [0, 0.1) is 0 Å². The van der Waals surface area contributed by atoms with E-state index in [9.17, 15) is 9.59 Å². The summed E-state index contributed by atoms with van der Waals surface area (Å²) in [4.78, 5) is 28.4. The predicted octanol–water partition coefficient (Wildman–Crippen LogP) is 2.57. The van der Waals surface area contributed by atoms with Gasteiger partial charge in [-0.05, 0) is 18.2 Å². The molecule has 0 bridgehead atoms. The molecule has 20 heavy (non-hydrogen) atoms. The van der Waals surface area contributed by atoms with Gasteiger partial charge in [-0.25, -0.2) is 14.7 Å². The summed E-state index contributed by atoms with van der Waals surface area (Å²) in [6, 6.07) is 4.68. The lowest BCUT2D eigenvalue weighted by atomic mass is 10.3. The third-order valence-electron chi connectivity index (χ3n) is 2.90. The van der Waals surface area contributed by atoms with Gasteiger partial charge in [0, 0.05) is 10.0 Å². The molecule has 102 valence electrons. The molecule has 0 atom stereocenters. The van der Waals surface area contributed by atoms with Gasteiger partial charge in [-0.3, -0.25) is 9.36 Å². The number of carbonyl (C=O) groups excluding carboxylic acids is 1. The largest absolute Gasteiger partial charge is 0.477 e. The minimum Gasteiger partial charge on any atom is -0.477 e. The van der Waals surface area contributed by atoms with E-state index in [0.29, 0.717) is 15.7 Å². The van der Waals surface area contributed by atoms with Crippen LogP contribution in [0.3, 0.4) is 0 Å². The molecule has 8 heteroatoms. The zero-order valence-corrected chi connectivity index (χ0v) is 11.4. The van der Waals surface area contributed by atoms with Crippen molar-refractivity contribution in [3.05, 3.63) is 40.1 Å². The highest BCUT2D eigenvalue weighted by atomic mass is 35.5. The summed E-state index contributed by atoms with van der Waals surface area (Å²) in [5.41, 5.74) is 0.415. The summed E-state index contributed by atoms with van der Waals surface area (Å²) in [6.45, 7) is -0.0822. The van der Waals surface area contributed by atoms with E-state index in [1.54, 1.807) is 18.2 Å². The predicted molar refractivity (Wildman–Crippen MR) is 72.8 cm³/mol. The highest BCUT2D eigenvalue weighted by Crippen LogP contribution is 2.34. The number of carboxylic acids is 1. The molecule has 6 nitrogen and oxygen atoms in total. The molecule has 2 heterocycles. The van der Waals surface area contributed by atoms with Crippen molar-refractivity contribution in [2.24, 2.45) is 0 Å². The van der Waals surface area contributed by atoms with Gasteiger partial charge in [0.2, 0.25) is 5.95 Å². The molecule has 1 aliphatic rings. The second-order valence-corrected chi connectivity index (χ2v) is 5.06. The van der Waals surface area contributed by atoms with Crippen molar-refractivity contribution in [1.29, 1.82) is 0 Å². The van der Waals surface area contributed by atoms with Crippen molar-refractivity contribution in [2.75, 3.05) is 4.90 Å². The fourth-order valence-electron chi connectivity index (χ4n) is 2.12. The molecule has 1 N–H and O–H groups in total. The summed E-state index contributed by atoms with van der Waals surface area (Å²) in [5, 5.41) is 9.79. The molecule has 1 aromatic heterocycles. The maximum Gasteiger partial charge on any atom is 0.354 e. The molecular weight excluding hydrogens is 305 g/mol. The van der Waals surface area contributed by atoms with Crippen molar-refractivity contribution >= 4 is 46.7 Å². The molecule has 0 saturated carbocycles.